The minimum Gasteiger partial charge on any atom is -0.462 e. The van der Waals surface area contributed by atoms with Gasteiger partial charge in [0.1, 0.15) is 10.0 Å². The zero-order valence-electron chi connectivity index (χ0n) is 19.1. The number of hydrogen-bond acceptors (Lipinski definition) is 8. The zero-order chi connectivity index (χ0) is 23.7. The normalized spacial score (nSPS) is 13.7. The van der Waals surface area contributed by atoms with Gasteiger partial charge in [-0.3, -0.25) is 9.69 Å². The van der Waals surface area contributed by atoms with Gasteiger partial charge in [-0.05, 0) is 56.1 Å². The Bertz CT molecular complexity index is 1320. The Labute approximate surface area is 210 Å². The Balaban J connectivity index is 1.40. The van der Waals surface area contributed by atoms with E-state index in [1.165, 1.54) is 22.7 Å². The van der Waals surface area contributed by atoms with Gasteiger partial charge in [0.15, 0.2) is 0 Å². The second-order valence-corrected chi connectivity index (χ2v) is 11.3. The van der Waals surface area contributed by atoms with E-state index in [1.807, 2.05) is 30.3 Å². The van der Waals surface area contributed by atoms with Crippen LogP contribution < -0.4 is 5.32 Å². The van der Waals surface area contributed by atoms with Crippen molar-refractivity contribution in [2.24, 2.45) is 0 Å². The van der Waals surface area contributed by atoms with E-state index < -0.39 is 0 Å². The average Bonchev–Trinajstić information content (AvgIpc) is 3.55. The van der Waals surface area contributed by atoms with Crippen LogP contribution in [0, 0.1) is 0 Å². The lowest BCUT2D eigenvalue weighted by Crippen LogP contribution is -2.30. The summed E-state index contributed by atoms with van der Waals surface area (Å²) in [5.41, 5.74) is 2.50. The summed E-state index contributed by atoms with van der Waals surface area (Å²) in [5.74, 6) is -0.576. The number of nitrogens with one attached hydrogen (secondary N) is 1. The number of para-hydroxylation sites is 1. The number of nitrogens with zero attached hydrogens (tertiary/aromatic N) is 2. The molecule has 0 fully saturated rings. The van der Waals surface area contributed by atoms with E-state index in [4.69, 9.17) is 9.72 Å². The summed E-state index contributed by atoms with van der Waals surface area (Å²) >= 11 is 4.52. The molecule has 0 spiro atoms. The maximum absolute atomic E-state index is 13.2. The van der Waals surface area contributed by atoms with Crippen LogP contribution >= 0.6 is 34.0 Å². The number of anilines is 1. The first-order valence-electron chi connectivity index (χ1n) is 11.4. The molecule has 34 heavy (non-hydrogen) atoms. The summed E-state index contributed by atoms with van der Waals surface area (Å²) < 4.78 is 6.47. The fourth-order valence-electron chi connectivity index (χ4n) is 4.19. The Morgan fingerprint density at radius 1 is 1.12 bits per heavy atom. The summed E-state index contributed by atoms with van der Waals surface area (Å²) in [6.45, 7) is 7.01. The molecule has 3 aromatic heterocycles. The van der Waals surface area contributed by atoms with Gasteiger partial charge in [-0.15, -0.1) is 34.0 Å². The fraction of sp³-hybridized carbons (Fsp3) is 0.320. The van der Waals surface area contributed by atoms with E-state index >= 15 is 0 Å². The first-order chi connectivity index (χ1) is 16.6. The first-order valence-corrected chi connectivity index (χ1v) is 13.8. The van der Waals surface area contributed by atoms with Crippen molar-refractivity contribution in [2.45, 2.75) is 33.2 Å². The minimum atomic E-state index is -0.361. The number of esters is 1. The van der Waals surface area contributed by atoms with Gasteiger partial charge in [-0.2, -0.15) is 0 Å². The highest BCUT2D eigenvalue weighted by Crippen LogP contribution is 2.39. The highest BCUT2D eigenvalue weighted by atomic mass is 32.1. The van der Waals surface area contributed by atoms with Crippen LogP contribution in [0.3, 0.4) is 0 Å². The van der Waals surface area contributed by atoms with Gasteiger partial charge >= 0.3 is 5.97 Å². The molecule has 9 heteroatoms. The molecule has 4 heterocycles. The number of amides is 1. The smallest absolute Gasteiger partial charge is 0.341 e. The average molecular weight is 512 g/mol. The highest BCUT2D eigenvalue weighted by molar-refractivity contribution is 7.26. The van der Waals surface area contributed by atoms with Gasteiger partial charge in [0, 0.05) is 18.0 Å². The molecule has 1 N–H and O–H groups in total. The summed E-state index contributed by atoms with van der Waals surface area (Å²) in [5, 5.41) is 4.50. The van der Waals surface area contributed by atoms with Crippen LogP contribution in [0.25, 0.3) is 20.1 Å². The number of aromatic nitrogens is 1. The topological polar surface area (TPSA) is 71.5 Å². The molecule has 0 bridgehead atoms. The lowest BCUT2D eigenvalue weighted by Gasteiger charge is -2.26. The van der Waals surface area contributed by atoms with Crippen molar-refractivity contribution >= 4 is 61.1 Å². The van der Waals surface area contributed by atoms with E-state index in [2.05, 4.69) is 23.2 Å². The van der Waals surface area contributed by atoms with Crippen LogP contribution in [0.4, 0.5) is 5.00 Å². The van der Waals surface area contributed by atoms with Crippen molar-refractivity contribution in [1.82, 2.24) is 9.88 Å². The number of fused-ring (bicyclic) bond motifs is 2. The molecule has 0 atom stereocenters. The Morgan fingerprint density at radius 2 is 1.97 bits per heavy atom. The number of hydrogen-bond donors (Lipinski definition) is 1. The van der Waals surface area contributed by atoms with Crippen molar-refractivity contribution < 1.29 is 14.3 Å². The van der Waals surface area contributed by atoms with Crippen molar-refractivity contribution in [3.8, 4) is 9.88 Å². The monoisotopic (exact) mass is 511 g/mol. The zero-order valence-corrected chi connectivity index (χ0v) is 21.5. The molecule has 176 valence electrons. The van der Waals surface area contributed by atoms with E-state index in [9.17, 15) is 9.59 Å². The largest absolute Gasteiger partial charge is 0.462 e. The lowest BCUT2D eigenvalue weighted by atomic mass is 10.0. The third-order valence-electron chi connectivity index (χ3n) is 5.72. The third-order valence-corrected chi connectivity index (χ3v) is 9.14. The maximum Gasteiger partial charge on any atom is 0.341 e. The number of carbonyl (C=O) groups is 2. The number of rotatable bonds is 7. The van der Waals surface area contributed by atoms with Crippen LogP contribution in [0.1, 0.15) is 50.7 Å². The summed E-state index contributed by atoms with van der Waals surface area (Å²) in [4.78, 5) is 35.8. The van der Waals surface area contributed by atoms with E-state index in [0.717, 1.165) is 63.0 Å². The van der Waals surface area contributed by atoms with Crippen molar-refractivity contribution in [3.63, 3.8) is 0 Å². The van der Waals surface area contributed by atoms with Gasteiger partial charge < -0.3 is 10.1 Å². The van der Waals surface area contributed by atoms with Gasteiger partial charge in [-0.25, -0.2) is 9.78 Å². The molecular weight excluding hydrogens is 486 g/mol. The van der Waals surface area contributed by atoms with E-state index in [1.54, 1.807) is 18.3 Å². The lowest BCUT2D eigenvalue weighted by molar-refractivity contribution is 0.0526. The molecule has 0 radical (unpaired) electrons. The predicted octanol–water partition coefficient (Wildman–Crippen LogP) is 6.28. The molecule has 0 saturated carbocycles. The standard InChI is InChI=1S/C25H25N3O3S3/c1-3-12-28-13-11-15-20(14-28)34-24(21(15)25(30)31-4-2)27-22(29)18-9-10-19(32-18)23-26-16-7-5-6-8-17(16)33-23/h5-10H,3-4,11-14H2,1-2H3,(H,27,29). The molecule has 4 aromatic rings. The molecule has 0 saturated heterocycles. The predicted molar refractivity (Wildman–Crippen MR) is 140 cm³/mol. The number of ether oxygens (including phenoxy) is 1. The van der Waals surface area contributed by atoms with Crippen LogP contribution in [0.15, 0.2) is 36.4 Å². The van der Waals surface area contributed by atoms with Gasteiger partial charge in [0.05, 0.1) is 32.1 Å². The van der Waals surface area contributed by atoms with Gasteiger partial charge in [-0.1, -0.05) is 19.1 Å². The van der Waals surface area contributed by atoms with E-state index in [0.29, 0.717) is 22.0 Å². The molecular formula is C25H25N3O3S3. The minimum absolute atomic E-state index is 0.216. The Morgan fingerprint density at radius 3 is 2.76 bits per heavy atom. The molecule has 0 aliphatic carbocycles. The van der Waals surface area contributed by atoms with Gasteiger partial charge in [0.2, 0.25) is 0 Å². The number of carbonyl (C=O) groups excluding carboxylic acids is 2. The molecule has 1 aliphatic heterocycles. The van der Waals surface area contributed by atoms with Crippen molar-refractivity contribution in [3.05, 3.63) is 57.3 Å². The Hall–Kier alpha value is -2.59. The SMILES string of the molecule is CCCN1CCc2c(sc(NC(=O)c3ccc(-c4nc5ccccc5s4)s3)c2C(=O)OCC)C1. The second-order valence-electron chi connectivity index (χ2n) is 8.06. The summed E-state index contributed by atoms with van der Waals surface area (Å²) in [6.07, 6.45) is 1.88. The van der Waals surface area contributed by atoms with Crippen molar-refractivity contribution in [2.75, 3.05) is 25.0 Å². The number of benzene rings is 1. The van der Waals surface area contributed by atoms with Gasteiger partial charge in [0.25, 0.3) is 5.91 Å². The molecule has 0 unspecified atom stereocenters. The van der Waals surface area contributed by atoms with Crippen LogP contribution in [0.5, 0.6) is 0 Å². The van der Waals surface area contributed by atoms with E-state index in [-0.39, 0.29) is 11.9 Å². The van der Waals surface area contributed by atoms with Crippen LogP contribution in [0.2, 0.25) is 0 Å². The Kier molecular flexibility index (Phi) is 6.78. The first kappa shape index (κ1) is 23.2. The van der Waals surface area contributed by atoms with Crippen LogP contribution in [-0.4, -0.2) is 41.5 Å². The van der Waals surface area contributed by atoms with Crippen molar-refractivity contribution in [1.29, 1.82) is 0 Å². The number of thiophene rings is 2. The molecule has 6 nitrogen and oxygen atoms in total. The highest BCUT2D eigenvalue weighted by Gasteiger charge is 2.29. The molecule has 1 aliphatic rings. The molecule has 1 aromatic carbocycles. The summed E-state index contributed by atoms with van der Waals surface area (Å²) in [6, 6.07) is 11.8. The second kappa shape index (κ2) is 9.95. The molecule has 1 amide bonds. The quantitative estimate of drug-likeness (QED) is 0.296. The molecule has 5 rings (SSSR count). The third kappa shape index (κ3) is 4.53. The van der Waals surface area contributed by atoms with Crippen LogP contribution in [-0.2, 0) is 17.7 Å². The maximum atomic E-state index is 13.2. The summed E-state index contributed by atoms with van der Waals surface area (Å²) in [7, 11) is 0. The fourth-order valence-corrected chi connectivity index (χ4v) is 7.38. The number of thiazole rings is 1.